The van der Waals surface area contributed by atoms with Gasteiger partial charge in [-0.3, -0.25) is 4.79 Å². The van der Waals surface area contributed by atoms with Crippen molar-refractivity contribution < 1.29 is 19.1 Å². The largest absolute Gasteiger partial charge is 0.377 e. The molecule has 4 heterocycles. The SMILES string of the molecule is C[C@H]1COCCN1c1nc(-c2ccc(NC(=O)Nc3ccc(C(=O)N4CCN(C)CC4)cc3)cc2)nc(N2CCOC[C@@H]2C)n1. The minimum absolute atomic E-state index is 0.00974. The Kier molecular flexibility index (Phi) is 9.38. The monoisotopic (exact) mass is 615 g/mol. The number of urea groups is 1. The summed E-state index contributed by atoms with van der Waals surface area (Å²) in [5, 5.41) is 5.71. The molecule has 13 heteroatoms. The summed E-state index contributed by atoms with van der Waals surface area (Å²) >= 11 is 0. The average molecular weight is 616 g/mol. The van der Waals surface area contributed by atoms with Gasteiger partial charge in [-0.15, -0.1) is 0 Å². The number of anilines is 4. The molecule has 45 heavy (non-hydrogen) atoms. The van der Waals surface area contributed by atoms with Crippen molar-refractivity contribution in [2.24, 2.45) is 0 Å². The van der Waals surface area contributed by atoms with Crippen molar-refractivity contribution in [1.82, 2.24) is 24.8 Å². The fourth-order valence-electron chi connectivity index (χ4n) is 5.67. The standard InChI is InChI=1S/C32H41N9O4/c1-22-20-44-18-16-40(22)30-35-28(36-31(37-30)41-17-19-45-21-23(41)2)24-4-8-26(9-5-24)33-32(43)34-27-10-6-25(7-11-27)29(42)39-14-12-38(3)13-15-39/h4-11,22-23H,12-21H2,1-3H3,(H2,33,34,43)/t22-,23-/m0/s1. The van der Waals surface area contributed by atoms with E-state index in [9.17, 15) is 9.59 Å². The van der Waals surface area contributed by atoms with Crippen LogP contribution in [-0.2, 0) is 9.47 Å². The number of aromatic nitrogens is 3. The first-order valence-corrected chi connectivity index (χ1v) is 15.6. The molecule has 0 unspecified atom stereocenters. The maximum absolute atomic E-state index is 12.8. The molecule has 6 rings (SSSR count). The predicted octanol–water partition coefficient (Wildman–Crippen LogP) is 3.02. The van der Waals surface area contributed by atoms with Crippen LogP contribution in [0.1, 0.15) is 24.2 Å². The van der Waals surface area contributed by atoms with Crippen molar-refractivity contribution in [1.29, 1.82) is 0 Å². The zero-order valence-electron chi connectivity index (χ0n) is 26.1. The molecule has 3 amide bonds. The van der Waals surface area contributed by atoms with Crippen LogP contribution in [0, 0.1) is 0 Å². The van der Waals surface area contributed by atoms with Gasteiger partial charge in [-0.2, -0.15) is 15.0 Å². The lowest BCUT2D eigenvalue weighted by Crippen LogP contribution is -2.47. The second-order valence-electron chi connectivity index (χ2n) is 11.8. The number of amides is 3. The number of hydrogen-bond donors (Lipinski definition) is 2. The number of benzene rings is 2. The van der Waals surface area contributed by atoms with Crippen LogP contribution >= 0.6 is 0 Å². The number of carbonyl (C=O) groups is 2. The van der Waals surface area contributed by atoms with Gasteiger partial charge in [-0.25, -0.2) is 4.79 Å². The van der Waals surface area contributed by atoms with E-state index >= 15 is 0 Å². The highest BCUT2D eigenvalue weighted by atomic mass is 16.5. The predicted molar refractivity (Wildman–Crippen MR) is 173 cm³/mol. The Hall–Kier alpha value is -4.33. The zero-order chi connectivity index (χ0) is 31.3. The van der Waals surface area contributed by atoms with Crippen LogP contribution in [0.25, 0.3) is 11.4 Å². The molecule has 0 spiro atoms. The fraction of sp³-hybridized carbons (Fsp3) is 0.469. The summed E-state index contributed by atoms with van der Waals surface area (Å²) in [6.07, 6.45) is 0. The summed E-state index contributed by atoms with van der Waals surface area (Å²) in [5.74, 6) is 1.83. The van der Waals surface area contributed by atoms with Gasteiger partial charge in [0.1, 0.15) is 0 Å². The zero-order valence-corrected chi connectivity index (χ0v) is 26.1. The molecule has 3 saturated heterocycles. The number of nitrogens with one attached hydrogen (secondary N) is 2. The first kappa shape index (κ1) is 30.7. The van der Waals surface area contributed by atoms with Gasteiger partial charge in [0.15, 0.2) is 5.82 Å². The molecule has 3 fully saturated rings. The van der Waals surface area contributed by atoms with Gasteiger partial charge in [0.25, 0.3) is 5.91 Å². The minimum Gasteiger partial charge on any atom is -0.377 e. The first-order chi connectivity index (χ1) is 21.8. The molecule has 3 aliphatic heterocycles. The average Bonchev–Trinajstić information content (AvgIpc) is 3.06. The molecule has 1 aromatic heterocycles. The number of nitrogens with zero attached hydrogens (tertiary/aromatic N) is 7. The van der Waals surface area contributed by atoms with E-state index in [0.717, 1.165) is 18.7 Å². The third kappa shape index (κ3) is 7.32. The van der Waals surface area contributed by atoms with Crippen molar-refractivity contribution >= 4 is 35.2 Å². The van der Waals surface area contributed by atoms with Gasteiger partial charge in [-0.05, 0) is 69.4 Å². The first-order valence-electron chi connectivity index (χ1n) is 15.6. The van der Waals surface area contributed by atoms with E-state index in [-0.39, 0.29) is 24.0 Å². The Bertz CT molecular complexity index is 1440. The van der Waals surface area contributed by atoms with Crippen molar-refractivity contribution in [3.63, 3.8) is 0 Å². The summed E-state index contributed by atoms with van der Waals surface area (Å²) in [4.78, 5) is 48.6. The Morgan fingerprint density at radius 3 is 1.73 bits per heavy atom. The third-order valence-corrected chi connectivity index (χ3v) is 8.44. The maximum Gasteiger partial charge on any atom is 0.323 e. The molecule has 13 nitrogen and oxygen atoms in total. The van der Waals surface area contributed by atoms with Crippen molar-refractivity contribution in [2.75, 3.05) is 93.2 Å². The molecule has 238 valence electrons. The highest BCUT2D eigenvalue weighted by molar-refractivity contribution is 6.00. The molecular weight excluding hydrogens is 574 g/mol. The number of ether oxygens (including phenoxy) is 2. The van der Waals surface area contributed by atoms with Gasteiger partial charge in [-0.1, -0.05) is 0 Å². The summed E-state index contributed by atoms with van der Waals surface area (Å²) in [6.45, 7) is 11.3. The van der Waals surface area contributed by atoms with E-state index < -0.39 is 0 Å². The second kappa shape index (κ2) is 13.8. The quantitative estimate of drug-likeness (QED) is 0.427. The Morgan fingerprint density at radius 1 is 0.711 bits per heavy atom. The summed E-state index contributed by atoms with van der Waals surface area (Å²) in [6, 6.07) is 14.3. The third-order valence-electron chi connectivity index (χ3n) is 8.44. The van der Waals surface area contributed by atoms with Gasteiger partial charge in [0, 0.05) is 61.8 Å². The van der Waals surface area contributed by atoms with E-state index in [0.29, 0.717) is 87.3 Å². The van der Waals surface area contributed by atoms with E-state index in [1.54, 1.807) is 24.3 Å². The summed E-state index contributed by atoms with van der Waals surface area (Å²) in [5.41, 5.74) is 2.64. The Labute approximate surface area is 263 Å². The minimum atomic E-state index is -0.381. The van der Waals surface area contributed by atoms with Gasteiger partial charge >= 0.3 is 6.03 Å². The number of rotatable bonds is 6. The van der Waals surface area contributed by atoms with Crippen LogP contribution in [0.2, 0.25) is 0 Å². The van der Waals surface area contributed by atoms with Crippen molar-refractivity contribution in [3.05, 3.63) is 54.1 Å². The van der Waals surface area contributed by atoms with Crippen LogP contribution in [0.3, 0.4) is 0 Å². The van der Waals surface area contributed by atoms with Crippen LogP contribution in [0.5, 0.6) is 0 Å². The van der Waals surface area contributed by atoms with Crippen LogP contribution < -0.4 is 20.4 Å². The number of carbonyl (C=O) groups excluding carboxylic acids is 2. The summed E-state index contributed by atoms with van der Waals surface area (Å²) in [7, 11) is 2.06. The molecule has 3 aromatic rings. The van der Waals surface area contributed by atoms with Crippen molar-refractivity contribution in [3.8, 4) is 11.4 Å². The van der Waals surface area contributed by atoms with Crippen molar-refractivity contribution in [2.45, 2.75) is 25.9 Å². The lowest BCUT2D eigenvalue weighted by atomic mass is 10.1. The molecule has 2 atom stereocenters. The smallest absolute Gasteiger partial charge is 0.323 e. The van der Waals surface area contributed by atoms with Gasteiger partial charge in [0.05, 0.1) is 38.5 Å². The van der Waals surface area contributed by atoms with Crippen LogP contribution in [0.4, 0.5) is 28.1 Å². The lowest BCUT2D eigenvalue weighted by molar-refractivity contribution is 0.0664. The van der Waals surface area contributed by atoms with Crippen LogP contribution in [-0.4, -0.2) is 122 Å². The van der Waals surface area contributed by atoms with Crippen LogP contribution in [0.15, 0.2) is 48.5 Å². The van der Waals surface area contributed by atoms with Gasteiger partial charge < -0.3 is 39.7 Å². The highest BCUT2D eigenvalue weighted by Crippen LogP contribution is 2.26. The molecule has 3 aliphatic rings. The number of morpholine rings is 2. The van der Waals surface area contributed by atoms with Gasteiger partial charge in [0.2, 0.25) is 11.9 Å². The van der Waals surface area contributed by atoms with E-state index in [2.05, 4.69) is 46.2 Å². The number of hydrogen-bond acceptors (Lipinski definition) is 10. The molecule has 0 bridgehead atoms. The molecular formula is C32H41N9O4. The normalized spacial score (nSPS) is 21.0. The maximum atomic E-state index is 12.8. The molecule has 0 aliphatic carbocycles. The molecule has 0 radical (unpaired) electrons. The second-order valence-corrected chi connectivity index (χ2v) is 11.8. The Balaban J connectivity index is 1.12. The molecule has 0 saturated carbocycles. The van der Waals surface area contributed by atoms with E-state index in [1.807, 2.05) is 29.2 Å². The highest BCUT2D eigenvalue weighted by Gasteiger charge is 2.27. The molecule has 2 aromatic carbocycles. The summed E-state index contributed by atoms with van der Waals surface area (Å²) < 4.78 is 11.3. The van der Waals surface area contributed by atoms with E-state index in [4.69, 9.17) is 24.4 Å². The van der Waals surface area contributed by atoms with E-state index in [1.165, 1.54) is 0 Å². The lowest BCUT2D eigenvalue weighted by Gasteiger charge is -2.36. The Morgan fingerprint density at radius 2 is 1.22 bits per heavy atom. The number of likely N-dealkylation sites (N-methyl/N-ethyl adjacent to an activating group) is 1. The topological polar surface area (TPSA) is 128 Å². The molecule has 2 N–H and O–H groups in total. The fourth-order valence-corrected chi connectivity index (χ4v) is 5.67. The number of piperazine rings is 1.